The van der Waals surface area contributed by atoms with Crippen molar-refractivity contribution in [3.8, 4) is 0 Å². The lowest BCUT2D eigenvalue weighted by Crippen LogP contribution is -2.46. The van der Waals surface area contributed by atoms with Gasteiger partial charge in [-0.25, -0.2) is 9.69 Å². The molecular formula is C20H25NO5. The van der Waals surface area contributed by atoms with E-state index in [1.807, 2.05) is 30.3 Å². The van der Waals surface area contributed by atoms with Gasteiger partial charge in [0.1, 0.15) is 6.61 Å². The molecule has 1 aromatic carbocycles. The molecule has 1 fully saturated rings. The Morgan fingerprint density at radius 1 is 1.31 bits per heavy atom. The van der Waals surface area contributed by atoms with Gasteiger partial charge in [0, 0.05) is 5.92 Å². The summed E-state index contributed by atoms with van der Waals surface area (Å²) in [6.45, 7) is 8.37. The molecule has 0 spiro atoms. The molecule has 6 nitrogen and oxygen atoms in total. The third kappa shape index (κ3) is 4.19. The van der Waals surface area contributed by atoms with Gasteiger partial charge < -0.3 is 9.84 Å². The highest BCUT2D eigenvalue weighted by Gasteiger charge is 2.42. The molecule has 0 saturated carbocycles. The Bertz CT molecular complexity index is 699. The lowest BCUT2D eigenvalue weighted by molar-refractivity contribution is -0.141. The van der Waals surface area contributed by atoms with Gasteiger partial charge in [0.05, 0.1) is 18.1 Å². The Balaban J connectivity index is 2.13. The van der Waals surface area contributed by atoms with Crippen molar-refractivity contribution in [2.45, 2.75) is 39.3 Å². The zero-order valence-corrected chi connectivity index (χ0v) is 15.3. The fraction of sp³-hybridized carbons (Fsp3) is 0.450. The number of amides is 2. The van der Waals surface area contributed by atoms with Crippen LogP contribution in [0.5, 0.6) is 0 Å². The average molecular weight is 359 g/mol. The number of aliphatic hydroxyl groups excluding tert-OH is 1. The van der Waals surface area contributed by atoms with Crippen LogP contribution in [0, 0.1) is 11.8 Å². The predicted octanol–water partition coefficient (Wildman–Crippen LogP) is 2.35. The van der Waals surface area contributed by atoms with Crippen molar-refractivity contribution in [1.82, 2.24) is 4.90 Å². The summed E-state index contributed by atoms with van der Waals surface area (Å²) >= 11 is 0. The van der Waals surface area contributed by atoms with E-state index in [1.54, 1.807) is 13.8 Å². The molecule has 0 radical (unpaired) electrons. The summed E-state index contributed by atoms with van der Waals surface area (Å²) in [7, 11) is 0. The van der Waals surface area contributed by atoms with Gasteiger partial charge in [0.2, 0.25) is 5.91 Å². The summed E-state index contributed by atoms with van der Waals surface area (Å²) in [6, 6.07) is 9.01. The lowest BCUT2D eigenvalue weighted by atomic mass is 9.87. The van der Waals surface area contributed by atoms with Crippen LogP contribution in [0.1, 0.15) is 26.3 Å². The second kappa shape index (κ2) is 8.27. The van der Waals surface area contributed by atoms with E-state index in [2.05, 4.69) is 6.58 Å². The largest absolute Gasteiger partial charge is 0.447 e. The molecule has 0 bridgehead atoms. The summed E-state index contributed by atoms with van der Waals surface area (Å²) in [5.74, 6) is -2.86. The number of Topliss-reactive ketones (excluding diaryl/α,β-unsaturated/α-hetero) is 1. The molecule has 2 amide bonds. The Kier molecular flexibility index (Phi) is 6.32. The molecule has 1 saturated heterocycles. The number of ether oxygens (including phenoxy) is 1. The standard InChI is InChI=1S/C20H25NO5/c1-12(2)17(22)13(3)18(23)14(4)19(24)21-16(11-26-20(21)25)10-15-8-6-5-7-9-15/h5-9,13-14,16-17,22H,1,10-11H2,2-4H3/t13-,14-,16-,17+/m1/s1. The van der Waals surface area contributed by atoms with E-state index < -0.39 is 41.8 Å². The molecular weight excluding hydrogens is 334 g/mol. The summed E-state index contributed by atoms with van der Waals surface area (Å²) in [6.07, 6.45) is -1.30. The molecule has 0 unspecified atom stereocenters. The third-order valence-corrected chi connectivity index (χ3v) is 4.74. The highest BCUT2D eigenvalue weighted by atomic mass is 16.6. The maximum absolute atomic E-state index is 12.8. The number of rotatable bonds is 7. The van der Waals surface area contributed by atoms with Crippen molar-refractivity contribution in [2.24, 2.45) is 11.8 Å². The quantitative estimate of drug-likeness (QED) is 0.597. The predicted molar refractivity (Wildman–Crippen MR) is 96.3 cm³/mol. The van der Waals surface area contributed by atoms with Gasteiger partial charge in [-0.15, -0.1) is 0 Å². The first kappa shape index (κ1) is 19.8. The molecule has 140 valence electrons. The first-order valence-corrected chi connectivity index (χ1v) is 8.65. The van der Waals surface area contributed by atoms with E-state index in [0.29, 0.717) is 12.0 Å². The minimum Gasteiger partial charge on any atom is -0.447 e. The number of nitrogens with zero attached hydrogens (tertiary/aromatic N) is 1. The molecule has 6 heteroatoms. The number of hydrogen-bond donors (Lipinski definition) is 1. The molecule has 1 aliphatic heterocycles. The SMILES string of the molecule is C=C(C)[C@H](O)[C@@H](C)C(=O)[C@@H](C)C(=O)N1C(=O)OC[C@H]1Cc1ccccc1. The summed E-state index contributed by atoms with van der Waals surface area (Å²) in [5, 5.41) is 10.0. The molecule has 1 aromatic rings. The zero-order chi connectivity index (χ0) is 19.4. The monoisotopic (exact) mass is 359 g/mol. The lowest BCUT2D eigenvalue weighted by Gasteiger charge is -2.25. The molecule has 1 N–H and O–H groups in total. The molecule has 26 heavy (non-hydrogen) atoms. The van der Waals surface area contributed by atoms with Crippen LogP contribution in [0.4, 0.5) is 4.79 Å². The maximum Gasteiger partial charge on any atom is 0.417 e. The summed E-state index contributed by atoms with van der Waals surface area (Å²) < 4.78 is 5.04. The van der Waals surface area contributed by atoms with E-state index in [-0.39, 0.29) is 6.61 Å². The zero-order valence-electron chi connectivity index (χ0n) is 15.3. The van der Waals surface area contributed by atoms with E-state index in [0.717, 1.165) is 10.5 Å². The third-order valence-electron chi connectivity index (χ3n) is 4.74. The number of ketones is 1. The topological polar surface area (TPSA) is 83.9 Å². The number of hydrogen-bond acceptors (Lipinski definition) is 5. The molecule has 0 aliphatic carbocycles. The highest BCUT2D eigenvalue weighted by Crippen LogP contribution is 2.23. The Morgan fingerprint density at radius 3 is 2.50 bits per heavy atom. The van der Waals surface area contributed by atoms with Crippen molar-refractivity contribution in [3.05, 3.63) is 48.0 Å². The van der Waals surface area contributed by atoms with Crippen LogP contribution in [0.15, 0.2) is 42.5 Å². The van der Waals surface area contributed by atoms with Gasteiger partial charge in [0.15, 0.2) is 5.78 Å². The van der Waals surface area contributed by atoms with Gasteiger partial charge in [0.25, 0.3) is 0 Å². The molecule has 4 atom stereocenters. The van der Waals surface area contributed by atoms with Crippen LogP contribution >= 0.6 is 0 Å². The summed E-state index contributed by atoms with van der Waals surface area (Å²) in [4.78, 5) is 38.5. The average Bonchev–Trinajstić information content (AvgIpc) is 2.99. The van der Waals surface area contributed by atoms with Crippen LogP contribution in [0.2, 0.25) is 0 Å². The molecule has 1 aliphatic rings. The molecule has 0 aromatic heterocycles. The number of carbonyl (C=O) groups is 3. The minimum absolute atomic E-state index is 0.102. The first-order chi connectivity index (χ1) is 12.2. The molecule has 1 heterocycles. The maximum atomic E-state index is 12.8. The van der Waals surface area contributed by atoms with Crippen molar-refractivity contribution in [1.29, 1.82) is 0 Å². The normalized spacial score (nSPS) is 20.2. The van der Waals surface area contributed by atoms with E-state index in [4.69, 9.17) is 4.74 Å². The minimum atomic E-state index is -1.05. The Morgan fingerprint density at radius 2 is 1.92 bits per heavy atom. The van der Waals surface area contributed by atoms with Gasteiger partial charge >= 0.3 is 6.09 Å². The first-order valence-electron chi connectivity index (χ1n) is 8.65. The van der Waals surface area contributed by atoms with E-state index in [1.165, 1.54) is 6.92 Å². The summed E-state index contributed by atoms with van der Waals surface area (Å²) in [5.41, 5.74) is 1.42. The number of benzene rings is 1. The van der Waals surface area contributed by atoms with E-state index in [9.17, 15) is 19.5 Å². The van der Waals surface area contributed by atoms with Gasteiger partial charge in [-0.3, -0.25) is 9.59 Å². The fourth-order valence-corrected chi connectivity index (χ4v) is 3.07. The number of cyclic esters (lactones) is 1. The number of imide groups is 1. The van der Waals surface area contributed by atoms with Crippen molar-refractivity contribution < 1.29 is 24.2 Å². The van der Waals surface area contributed by atoms with Gasteiger partial charge in [-0.05, 0) is 25.8 Å². The number of carbonyl (C=O) groups excluding carboxylic acids is 3. The second-order valence-corrected chi connectivity index (χ2v) is 6.83. The number of aliphatic hydroxyl groups is 1. The van der Waals surface area contributed by atoms with Gasteiger partial charge in [-0.2, -0.15) is 0 Å². The van der Waals surface area contributed by atoms with Crippen molar-refractivity contribution >= 4 is 17.8 Å². The van der Waals surface area contributed by atoms with Crippen LogP contribution in [0.3, 0.4) is 0 Å². The van der Waals surface area contributed by atoms with Crippen LogP contribution < -0.4 is 0 Å². The second-order valence-electron chi connectivity index (χ2n) is 6.83. The highest BCUT2D eigenvalue weighted by molar-refractivity contribution is 6.07. The molecule has 2 rings (SSSR count). The van der Waals surface area contributed by atoms with E-state index >= 15 is 0 Å². The van der Waals surface area contributed by atoms with Crippen LogP contribution in [-0.2, 0) is 20.7 Å². The Hall–Kier alpha value is -2.47. The van der Waals surface area contributed by atoms with Crippen LogP contribution in [-0.4, -0.2) is 46.5 Å². The smallest absolute Gasteiger partial charge is 0.417 e. The fourth-order valence-electron chi connectivity index (χ4n) is 3.07. The van der Waals surface area contributed by atoms with Gasteiger partial charge in [-0.1, -0.05) is 49.4 Å². The van der Waals surface area contributed by atoms with Crippen molar-refractivity contribution in [2.75, 3.05) is 6.61 Å². The van der Waals surface area contributed by atoms with Crippen molar-refractivity contribution in [3.63, 3.8) is 0 Å². The Labute approximate surface area is 153 Å². The van der Waals surface area contributed by atoms with Crippen LogP contribution in [0.25, 0.3) is 0 Å².